The Morgan fingerprint density at radius 1 is 1.35 bits per heavy atom. The topological polar surface area (TPSA) is 41.5 Å². The number of methoxy groups -OCH3 is 1. The summed E-state index contributed by atoms with van der Waals surface area (Å²) in [6.07, 6.45) is 2.02. The van der Waals surface area contributed by atoms with Crippen molar-refractivity contribution in [3.05, 3.63) is 24.3 Å². The molecule has 3 nitrogen and oxygen atoms in total. The number of thioether (sulfide) groups is 1. The van der Waals surface area contributed by atoms with Crippen LogP contribution in [0.3, 0.4) is 0 Å². The lowest BCUT2D eigenvalue weighted by molar-refractivity contribution is 0.156. The van der Waals surface area contributed by atoms with Gasteiger partial charge in [0, 0.05) is 16.5 Å². The molecule has 0 saturated carbocycles. The van der Waals surface area contributed by atoms with Crippen molar-refractivity contribution < 1.29 is 9.84 Å². The van der Waals surface area contributed by atoms with Crippen LogP contribution in [0.5, 0.6) is 5.75 Å². The Balaban J connectivity index is 2.40. The van der Waals surface area contributed by atoms with Crippen molar-refractivity contribution in [2.24, 2.45) is 0 Å². The van der Waals surface area contributed by atoms with Gasteiger partial charge in [-0.2, -0.15) is 0 Å². The lowest BCUT2D eigenvalue weighted by atomic mass is 9.96. The van der Waals surface area contributed by atoms with Gasteiger partial charge in [-0.25, -0.2) is 0 Å². The fraction of sp³-hybridized carbons (Fsp3) is 0.625. The van der Waals surface area contributed by atoms with Crippen molar-refractivity contribution in [2.45, 2.75) is 50.1 Å². The maximum Gasteiger partial charge on any atom is 0.132 e. The maximum atomic E-state index is 9.54. The molecule has 0 heterocycles. The van der Waals surface area contributed by atoms with Gasteiger partial charge in [0.15, 0.2) is 0 Å². The summed E-state index contributed by atoms with van der Waals surface area (Å²) in [5, 5.41) is 13.0. The third kappa shape index (κ3) is 5.73. The summed E-state index contributed by atoms with van der Waals surface area (Å²) >= 11 is 1.81. The molecule has 0 bridgehead atoms. The van der Waals surface area contributed by atoms with E-state index < -0.39 is 0 Å². The first-order chi connectivity index (χ1) is 9.50. The number of para-hydroxylation sites is 1. The third-order valence-corrected chi connectivity index (χ3v) is 4.33. The van der Waals surface area contributed by atoms with Gasteiger partial charge in [0.05, 0.1) is 13.7 Å². The van der Waals surface area contributed by atoms with Crippen molar-refractivity contribution in [3.8, 4) is 5.75 Å². The van der Waals surface area contributed by atoms with E-state index >= 15 is 0 Å². The first kappa shape index (κ1) is 17.3. The molecule has 0 amide bonds. The minimum atomic E-state index is -0.185. The summed E-state index contributed by atoms with van der Waals surface area (Å²) in [6, 6.07) is 8.47. The van der Waals surface area contributed by atoms with E-state index in [9.17, 15) is 5.11 Å². The van der Waals surface area contributed by atoms with Gasteiger partial charge in [0.1, 0.15) is 5.75 Å². The Bertz CT molecular complexity index is 398. The molecule has 0 radical (unpaired) electrons. The predicted octanol–water partition coefficient (Wildman–Crippen LogP) is 3.32. The molecule has 1 aromatic carbocycles. The summed E-state index contributed by atoms with van der Waals surface area (Å²) in [5.74, 6) is 1.96. The van der Waals surface area contributed by atoms with E-state index in [1.54, 1.807) is 7.11 Å². The largest absolute Gasteiger partial charge is 0.496 e. The molecule has 20 heavy (non-hydrogen) atoms. The van der Waals surface area contributed by atoms with E-state index in [2.05, 4.69) is 32.2 Å². The first-order valence-electron chi connectivity index (χ1n) is 7.15. The van der Waals surface area contributed by atoms with Crippen LogP contribution in [0.4, 0.5) is 0 Å². The Morgan fingerprint density at radius 3 is 2.65 bits per heavy atom. The fourth-order valence-electron chi connectivity index (χ4n) is 2.28. The van der Waals surface area contributed by atoms with Crippen LogP contribution in [0.25, 0.3) is 0 Å². The van der Waals surface area contributed by atoms with Crippen LogP contribution in [0, 0.1) is 0 Å². The standard InChI is InChI=1S/C16H27NO2S/c1-13(2)17-16(3,12-18)10-7-11-20-15-9-6-5-8-14(15)19-4/h5-6,8-9,13,17-18H,7,10-12H2,1-4H3. The second-order valence-corrected chi connectivity index (χ2v) is 6.76. The highest BCUT2D eigenvalue weighted by atomic mass is 32.2. The number of hydrogen-bond donors (Lipinski definition) is 2. The number of nitrogens with one attached hydrogen (secondary N) is 1. The molecule has 0 aromatic heterocycles. The number of aliphatic hydroxyl groups is 1. The molecule has 1 rings (SSSR count). The van der Waals surface area contributed by atoms with E-state index in [0.717, 1.165) is 24.3 Å². The molecule has 0 fully saturated rings. The average molecular weight is 297 g/mol. The van der Waals surface area contributed by atoms with Crippen LogP contribution in [-0.2, 0) is 0 Å². The molecule has 1 atom stereocenters. The average Bonchev–Trinajstić information content (AvgIpc) is 2.43. The van der Waals surface area contributed by atoms with E-state index in [1.807, 2.05) is 30.0 Å². The van der Waals surface area contributed by atoms with Crippen molar-refractivity contribution in [1.82, 2.24) is 5.32 Å². The van der Waals surface area contributed by atoms with E-state index in [1.165, 1.54) is 4.90 Å². The van der Waals surface area contributed by atoms with Crippen LogP contribution in [0.1, 0.15) is 33.6 Å². The van der Waals surface area contributed by atoms with Gasteiger partial charge in [0.2, 0.25) is 0 Å². The molecule has 0 spiro atoms. The molecule has 0 saturated heterocycles. The van der Waals surface area contributed by atoms with Gasteiger partial charge in [-0.05, 0) is 37.7 Å². The molecular formula is C16H27NO2S. The van der Waals surface area contributed by atoms with Crippen molar-refractivity contribution in [2.75, 3.05) is 19.5 Å². The summed E-state index contributed by atoms with van der Waals surface area (Å²) in [4.78, 5) is 1.18. The Kier molecular flexibility index (Phi) is 7.41. The number of aliphatic hydroxyl groups excluding tert-OH is 1. The SMILES string of the molecule is COc1ccccc1SCCCC(C)(CO)NC(C)C. The lowest BCUT2D eigenvalue weighted by Crippen LogP contribution is -2.49. The maximum absolute atomic E-state index is 9.54. The van der Waals surface area contributed by atoms with Gasteiger partial charge >= 0.3 is 0 Å². The molecule has 1 unspecified atom stereocenters. The molecule has 2 N–H and O–H groups in total. The van der Waals surface area contributed by atoms with E-state index in [-0.39, 0.29) is 12.1 Å². The van der Waals surface area contributed by atoms with Crippen molar-refractivity contribution in [3.63, 3.8) is 0 Å². The summed E-state index contributed by atoms with van der Waals surface area (Å²) < 4.78 is 5.34. The lowest BCUT2D eigenvalue weighted by Gasteiger charge is -2.31. The molecule has 4 heteroatoms. The summed E-state index contributed by atoms with van der Waals surface area (Å²) in [7, 11) is 1.70. The summed E-state index contributed by atoms with van der Waals surface area (Å²) in [6.45, 7) is 6.47. The van der Waals surface area contributed by atoms with E-state index in [4.69, 9.17) is 4.74 Å². The van der Waals surface area contributed by atoms with Crippen LogP contribution < -0.4 is 10.1 Å². The minimum absolute atomic E-state index is 0.171. The van der Waals surface area contributed by atoms with Gasteiger partial charge in [0.25, 0.3) is 0 Å². The summed E-state index contributed by atoms with van der Waals surface area (Å²) in [5.41, 5.74) is -0.185. The number of hydrogen-bond acceptors (Lipinski definition) is 4. The predicted molar refractivity (Wildman–Crippen MR) is 86.7 cm³/mol. The quantitative estimate of drug-likeness (QED) is 0.542. The molecular weight excluding hydrogens is 270 g/mol. The van der Waals surface area contributed by atoms with Crippen LogP contribution in [0.2, 0.25) is 0 Å². The van der Waals surface area contributed by atoms with Crippen molar-refractivity contribution >= 4 is 11.8 Å². The third-order valence-electron chi connectivity index (χ3n) is 3.19. The molecule has 114 valence electrons. The molecule has 0 aliphatic rings. The van der Waals surface area contributed by atoms with Gasteiger partial charge < -0.3 is 15.2 Å². The minimum Gasteiger partial charge on any atom is -0.496 e. The van der Waals surface area contributed by atoms with Gasteiger partial charge in [-0.15, -0.1) is 11.8 Å². The smallest absolute Gasteiger partial charge is 0.132 e. The Morgan fingerprint density at radius 2 is 2.05 bits per heavy atom. The first-order valence-corrected chi connectivity index (χ1v) is 8.13. The van der Waals surface area contributed by atoms with Gasteiger partial charge in [-0.1, -0.05) is 26.0 Å². The van der Waals surface area contributed by atoms with Gasteiger partial charge in [-0.3, -0.25) is 0 Å². The van der Waals surface area contributed by atoms with Crippen LogP contribution >= 0.6 is 11.8 Å². The highest BCUT2D eigenvalue weighted by Crippen LogP contribution is 2.29. The second kappa shape index (κ2) is 8.55. The Hall–Kier alpha value is -0.710. The number of rotatable bonds is 9. The zero-order chi connectivity index (χ0) is 15.0. The highest BCUT2D eigenvalue weighted by molar-refractivity contribution is 7.99. The zero-order valence-corrected chi connectivity index (χ0v) is 13.8. The molecule has 0 aliphatic heterocycles. The number of benzene rings is 1. The molecule has 0 aliphatic carbocycles. The molecule has 1 aromatic rings. The highest BCUT2D eigenvalue weighted by Gasteiger charge is 2.23. The zero-order valence-electron chi connectivity index (χ0n) is 13.0. The number of ether oxygens (including phenoxy) is 1. The Labute approximate surface area is 127 Å². The normalized spacial score (nSPS) is 14.3. The van der Waals surface area contributed by atoms with Crippen LogP contribution in [-0.4, -0.2) is 36.2 Å². The fourth-order valence-corrected chi connectivity index (χ4v) is 3.25. The van der Waals surface area contributed by atoms with Crippen LogP contribution in [0.15, 0.2) is 29.2 Å². The van der Waals surface area contributed by atoms with Crippen molar-refractivity contribution in [1.29, 1.82) is 0 Å². The monoisotopic (exact) mass is 297 g/mol. The van der Waals surface area contributed by atoms with E-state index in [0.29, 0.717) is 6.04 Å². The second-order valence-electron chi connectivity index (χ2n) is 5.62.